The summed E-state index contributed by atoms with van der Waals surface area (Å²) < 4.78 is 16.2. The summed E-state index contributed by atoms with van der Waals surface area (Å²) in [5, 5.41) is 9.69. The monoisotopic (exact) mass is 268 g/mol. The Hall–Kier alpha value is -1.26. The summed E-state index contributed by atoms with van der Waals surface area (Å²) in [6, 6.07) is 5.41. The summed E-state index contributed by atoms with van der Waals surface area (Å²) in [6.45, 7) is 5.63. The molecule has 0 bridgehead atoms. The number of benzene rings is 1. The smallest absolute Gasteiger partial charge is 0.128 e. The Balaban J connectivity index is 2.50. The highest BCUT2D eigenvalue weighted by Crippen LogP contribution is 2.29. The molecule has 0 aliphatic carbocycles. The van der Waals surface area contributed by atoms with Gasteiger partial charge in [-0.1, -0.05) is 13.3 Å². The van der Waals surface area contributed by atoms with Crippen LogP contribution in [0.4, 0.5) is 0 Å². The Labute approximate surface area is 115 Å². The summed E-state index contributed by atoms with van der Waals surface area (Å²) in [5.41, 5.74) is 0.759. The molecule has 108 valence electrons. The first kappa shape index (κ1) is 15.8. The first-order chi connectivity index (χ1) is 9.19. The normalized spacial score (nSPS) is 12.2. The second kappa shape index (κ2) is 8.77. The zero-order valence-electron chi connectivity index (χ0n) is 12.0. The van der Waals surface area contributed by atoms with Crippen molar-refractivity contribution in [2.75, 3.05) is 26.9 Å². The lowest BCUT2D eigenvalue weighted by Gasteiger charge is -2.14. The van der Waals surface area contributed by atoms with Gasteiger partial charge in [0.15, 0.2) is 0 Å². The van der Waals surface area contributed by atoms with E-state index < -0.39 is 6.10 Å². The van der Waals surface area contributed by atoms with Gasteiger partial charge in [0.25, 0.3) is 0 Å². The number of aliphatic hydroxyl groups excluding tert-OH is 1. The number of hydrogen-bond acceptors (Lipinski definition) is 4. The van der Waals surface area contributed by atoms with Crippen LogP contribution < -0.4 is 9.47 Å². The van der Waals surface area contributed by atoms with Crippen LogP contribution in [0.25, 0.3) is 0 Å². The Morgan fingerprint density at radius 1 is 1.21 bits per heavy atom. The number of aliphatic hydroxyl groups is 1. The molecule has 1 aromatic carbocycles. The lowest BCUT2D eigenvalue weighted by atomic mass is 10.1. The van der Waals surface area contributed by atoms with E-state index >= 15 is 0 Å². The van der Waals surface area contributed by atoms with Gasteiger partial charge in [0.05, 0.1) is 19.8 Å². The molecule has 0 saturated carbocycles. The largest absolute Gasteiger partial charge is 0.497 e. The average Bonchev–Trinajstić information content (AvgIpc) is 2.42. The minimum Gasteiger partial charge on any atom is -0.497 e. The highest BCUT2D eigenvalue weighted by atomic mass is 16.5. The Morgan fingerprint density at radius 2 is 2.00 bits per heavy atom. The fourth-order valence-corrected chi connectivity index (χ4v) is 1.67. The maximum Gasteiger partial charge on any atom is 0.128 e. The van der Waals surface area contributed by atoms with Crippen LogP contribution in [0.15, 0.2) is 18.2 Å². The highest BCUT2D eigenvalue weighted by molar-refractivity contribution is 5.41. The minimum absolute atomic E-state index is 0.469. The number of unbranched alkanes of at least 4 members (excludes halogenated alkanes) is 1. The number of methoxy groups -OCH3 is 1. The molecule has 0 radical (unpaired) electrons. The molecular weight excluding hydrogens is 244 g/mol. The van der Waals surface area contributed by atoms with E-state index in [1.54, 1.807) is 20.1 Å². The quantitative estimate of drug-likeness (QED) is 0.699. The van der Waals surface area contributed by atoms with Crippen molar-refractivity contribution in [3.05, 3.63) is 23.8 Å². The summed E-state index contributed by atoms with van der Waals surface area (Å²) >= 11 is 0. The van der Waals surface area contributed by atoms with Gasteiger partial charge in [0.2, 0.25) is 0 Å². The summed E-state index contributed by atoms with van der Waals surface area (Å²) in [4.78, 5) is 0. The molecule has 0 unspecified atom stereocenters. The van der Waals surface area contributed by atoms with Crippen LogP contribution in [0.1, 0.15) is 38.4 Å². The van der Waals surface area contributed by atoms with Crippen LogP contribution in [0.3, 0.4) is 0 Å². The molecular formula is C15H24O4. The molecule has 0 amide bonds. The molecule has 1 aromatic rings. The van der Waals surface area contributed by atoms with E-state index in [2.05, 4.69) is 6.92 Å². The predicted molar refractivity (Wildman–Crippen MR) is 74.8 cm³/mol. The summed E-state index contributed by atoms with van der Waals surface area (Å²) in [7, 11) is 1.61. The molecule has 0 spiro atoms. The van der Waals surface area contributed by atoms with E-state index in [9.17, 15) is 5.11 Å². The van der Waals surface area contributed by atoms with Crippen LogP contribution in [0.5, 0.6) is 11.5 Å². The summed E-state index contributed by atoms with van der Waals surface area (Å²) in [6.07, 6.45) is 1.63. The van der Waals surface area contributed by atoms with Crippen molar-refractivity contribution in [3.8, 4) is 11.5 Å². The molecule has 4 nitrogen and oxygen atoms in total. The molecule has 0 heterocycles. The van der Waals surface area contributed by atoms with Crippen LogP contribution in [0, 0.1) is 0 Å². The predicted octanol–water partition coefficient (Wildman–Crippen LogP) is 2.94. The molecule has 19 heavy (non-hydrogen) atoms. The van der Waals surface area contributed by atoms with E-state index in [1.807, 2.05) is 12.1 Å². The first-order valence-corrected chi connectivity index (χ1v) is 6.75. The third-order valence-electron chi connectivity index (χ3n) is 2.80. The SMILES string of the molecule is CCCCOCCOc1cc(OC)ccc1[C@@H](C)O. The lowest BCUT2D eigenvalue weighted by Crippen LogP contribution is -2.09. The standard InChI is InChI=1S/C15H24O4/c1-4-5-8-18-9-10-19-15-11-13(17-3)6-7-14(15)12(2)16/h6-7,11-12,16H,4-5,8-10H2,1-3H3/t12-/m1/s1. The lowest BCUT2D eigenvalue weighted by molar-refractivity contribution is 0.0961. The molecule has 0 saturated heterocycles. The number of rotatable bonds is 9. The fraction of sp³-hybridized carbons (Fsp3) is 0.600. The zero-order valence-corrected chi connectivity index (χ0v) is 12.0. The molecule has 1 atom stereocenters. The Bertz CT molecular complexity index is 363. The van der Waals surface area contributed by atoms with Gasteiger partial charge in [-0.2, -0.15) is 0 Å². The Morgan fingerprint density at radius 3 is 2.63 bits per heavy atom. The van der Waals surface area contributed by atoms with Gasteiger partial charge in [-0.3, -0.25) is 0 Å². The van der Waals surface area contributed by atoms with Crippen LogP contribution >= 0.6 is 0 Å². The fourth-order valence-electron chi connectivity index (χ4n) is 1.67. The molecule has 1 N–H and O–H groups in total. The second-order valence-electron chi connectivity index (χ2n) is 4.39. The highest BCUT2D eigenvalue weighted by Gasteiger charge is 2.10. The van der Waals surface area contributed by atoms with E-state index in [-0.39, 0.29) is 0 Å². The van der Waals surface area contributed by atoms with Gasteiger partial charge in [-0.25, -0.2) is 0 Å². The maximum absolute atomic E-state index is 9.69. The summed E-state index contributed by atoms with van der Waals surface area (Å²) in [5.74, 6) is 1.36. The zero-order chi connectivity index (χ0) is 14.1. The van der Waals surface area contributed by atoms with Crippen molar-refractivity contribution in [2.45, 2.75) is 32.8 Å². The van der Waals surface area contributed by atoms with Crippen molar-refractivity contribution >= 4 is 0 Å². The molecule has 0 fully saturated rings. The van der Waals surface area contributed by atoms with Gasteiger partial charge in [-0.15, -0.1) is 0 Å². The second-order valence-corrected chi connectivity index (χ2v) is 4.39. The average molecular weight is 268 g/mol. The van der Waals surface area contributed by atoms with Crippen molar-refractivity contribution in [3.63, 3.8) is 0 Å². The third kappa shape index (κ3) is 5.49. The van der Waals surface area contributed by atoms with Crippen LogP contribution in [-0.4, -0.2) is 32.0 Å². The number of hydrogen-bond donors (Lipinski definition) is 1. The van der Waals surface area contributed by atoms with Gasteiger partial charge in [0, 0.05) is 18.2 Å². The maximum atomic E-state index is 9.69. The van der Waals surface area contributed by atoms with Gasteiger partial charge in [-0.05, 0) is 25.5 Å². The van der Waals surface area contributed by atoms with E-state index in [0.29, 0.717) is 24.7 Å². The van der Waals surface area contributed by atoms with Gasteiger partial charge in [0.1, 0.15) is 18.1 Å². The van der Waals surface area contributed by atoms with Crippen LogP contribution in [0.2, 0.25) is 0 Å². The molecule has 1 rings (SSSR count). The van der Waals surface area contributed by atoms with Crippen molar-refractivity contribution in [1.29, 1.82) is 0 Å². The van der Waals surface area contributed by atoms with Crippen molar-refractivity contribution in [2.24, 2.45) is 0 Å². The molecule has 0 aromatic heterocycles. The van der Waals surface area contributed by atoms with Crippen molar-refractivity contribution in [1.82, 2.24) is 0 Å². The number of ether oxygens (including phenoxy) is 3. The van der Waals surface area contributed by atoms with Crippen LogP contribution in [-0.2, 0) is 4.74 Å². The molecule has 4 heteroatoms. The first-order valence-electron chi connectivity index (χ1n) is 6.75. The van der Waals surface area contributed by atoms with Gasteiger partial charge < -0.3 is 19.3 Å². The van der Waals surface area contributed by atoms with E-state index in [0.717, 1.165) is 25.0 Å². The Kier molecular flexibility index (Phi) is 7.30. The van der Waals surface area contributed by atoms with E-state index in [1.165, 1.54) is 0 Å². The minimum atomic E-state index is -0.568. The third-order valence-corrected chi connectivity index (χ3v) is 2.80. The van der Waals surface area contributed by atoms with Crippen molar-refractivity contribution < 1.29 is 19.3 Å². The van der Waals surface area contributed by atoms with E-state index in [4.69, 9.17) is 14.2 Å². The molecule has 0 aliphatic rings. The molecule has 0 aliphatic heterocycles. The topological polar surface area (TPSA) is 47.9 Å². The van der Waals surface area contributed by atoms with Gasteiger partial charge >= 0.3 is 0 Å².